The van der Waals surface area contributed by atoms with Crippen LogP contribution >= 0.6 is 0 Å². The van der Waals surface area contributed by atoms with Gasteiger partial charge in [-0.3, -0.25) is 4.90 Å². The summed E-state index contributed by atoms with van der Waals surface area (Å²) in [6, 6.07) is 1.82. The second kappa shape index (κ2) is 7.80. The summed E-state index contributed by atoms with van der Waals surface area (Å²) in [5, 5.41) is 23.4. The van der Waals surface area contributed by atoms with Crippen LogP contribution < -0.4 is 4.90 Å². The Bertz CT molecular complexity index is 918. The van der Waals surface area contributed by atoms with Crippen LogP contribution in [-0.2, 0) is 4.74 Å². The van der Waals surface area contributed by atoms with Crippen LogP contribution in [0.15, 0.2) is 0 Å². The number of likely N-dealkylation sites (tertiary alicyclic amines) is 1. The van der Waals surface area contributed by atoms with Gasteiger partial charge in [0.15, 0.2) is 11.5 Å². The molecular formula is C19H27N5O4Si. The summed E-state index contributed by atoms with van der Waals surface area (Å²) < 4.78 is 6.95. The highest BCUT2D eigenvalue weighted by Gasteiger charge is 2.37. The van der Waals surface area contributed by atoms with Crippen LogP contribution in [0.1, 0.15) is 38.1 Å². The van der Waals surface area contributed by atoms with Crippen molar-refractivity contribution >= 4 is 26.1 Å². The number of aromatic nitrogens is 2. The molecule has 0 saturated carbocycles. The molecule has 156 valence electrons. The van der Waals surface area contributed by atoms with Crippen LogP contribution in [0, 0.1) is 22.8 Å². The van der Waals surface area contributed by atoms with Crippen molar-refractivity contribution < 1.29 is 19.4 Å². The molecule has 0 aromatic carbocycles. The van der Waals surface area contributed by atoms with Gasteiger partial charge in [-0.15, -0.1) is 5.54 Å². The summed E-state index contributed by atoms with van der Waals surface area (Å²) in [6.07, 6.45) is -1.65. The first-order chi connectivity index (χ1) is 13.2. The third kappa shape index (κ3) is 5.30. The minimum absolute atomic E-state index is 0.179. The van der Waals surface area contributed by atoms with E-state index in [1.807, 2.05) is 0 Å². The summed E-state index contributed by atoms with van der Waals surface area (Å²) in [6.45, 7) is 11.9. The molecular weight excluding hydrogens is 390 g/mol. The number of ether oxygens (including phenoxy) is 1. The molecule has 1 saturated heterocycles. The Morgan fingerprint density at radius 2 is 1.90 bits per heavy atom. The summed E-state index contributed by atoms with van der Waals surface area (Å²) in [4.78, 5) is 26.2. The first-order valence-electron chi connectivity index (χ1n) is 9.24. The lowest BCUT2D eigenvalue weighted by Gasteiger charge is -2.38. The van der Waals surface area contributed by atoms with Gasteiger partial charge in [0.25, 0.3) is 0 Å². The van der Waals surface area contributed by atoms with E-state index in [-0.39, 0.29) is 36.2 Å². The highest BCUT2D eigenvalue weighted by atomic mass is 28.3. The molecule has 29 heavy (non-hydrogen) atoms. The zero-order valence-electron chi connectivity index (χ0n) is 17.9. The van der Waals surface area contributed by atoms with Crippen molar-refractivity contribution in [2.75, 3.05) is 25.0 Å². The molecule has 1 aromatic heterocycles. The minimum atomic E-state index is -1.72. The standard InChI is InChI=1S/C19H27N5O4Si/c1-19(2,3)28-18(27)22(4)16-14(10-20)15(8-9-29(5,6)7)21-24(16)13-11-23(12-13)17(25)26/h13H,11-12H2,1-7H3,(H,25,26). The fraction of sp³-hybridized carbons (Fsp3) is 0.579. The van der Waals surface area contributed by atoms with E-state index in [0.717, 1.165) is 0 Å². The van der Waals surface area contributed by atoms with Gasteiger partial charge in [-0.25, -0.2) is 14.3 Å². The highest BCUT2D eigenvalue weighted by Crippen LogP contribution is 2.31. The van der Waals surface area contributed by atoms with Crippen molar-refractivity contribution in [3.8, 4) is 17.5 Å². The Kier molecular flexibility index (Phi) is 6.00. The van der Waals surface area contributed by atoms with Crippen molar-refractivity contribution in [2.24, 2.45) is 0 Å². The zero-order chi connectivity index (χ0) is 22.1. The number of nitrogens with zero attached hydrogens (tertiary/aromatic N) is 5. The van der Waals surface area contributed by atoms with E-state index in [1.165, 1.54) is 21.5 Å². The molecule has 0 bridgehead atoms. The van der Waals surface area contributed by atoms with Crippen molar-refractivity contribution in [1.82, 2.24) is 14.7 Å². The number of carbonyl (C=O) groups is 2. The molecule has 1 aliphatic rings. The number of amides is 2. The number of hydrogen-bond donors (Lipinski definition) is 1. The van der Waals surface area contributed by atoms with Gasteiger partial charge in [0.2, 0.25) is 0 Å². The minimum Gasteiger partial charge on any atom is -0.465 e. The van der Waals surface area contributed by atoms with Crippen LogP contribution in [0.4, 0.5) is 15.4 Å². The third-order valence-corrected chi connectivity index (χ3v) is 4.89. The van der Waals surface area contributed by atoms with E-state index in [2.05, 4.69) is 42.3 Å². The second-order valence-electron chi connectivity index (χ2n) is 8.98. The van der Waals surface area contributed by atoms with E-state index < -0.39 is 25.9 Å². The van der Waals surface area contributed by atoms with E-state index >= 15 is 0 Å². The Labute approximate surface area is 171 Å². The Balaban J connectivity index is 2.52. The number of anilines is 1. The Morgan fingerprint density at radius 1 is 1.31 bits per heavy atom. The van der Waals surface area contributed by atoms with Gasteiger partial charge in [-0.2, -0.15) is 10.4 Å². The molecule has 1 aromatic rings. The normalized spacial score (nSPS) is 14.3. The fourth-order valence-corrected chi connectivity index (χ4v) is 3.12. The predicted molar refractivity (Wildman–Crippen MR) is 110 cm³/mol. The molecule has 2 heterocycles. The van der Waals surface area contributed by atoms with Crippen LogP contribution in [-0.4, -0.2) is 65.8 Å². The lowest BCUT2D eigenvalue weighted by atomic mass is 10.1. The number of carbonyl (C=O) groups excluding carboxylic acids is 1. The fourth-order valence-electron chi connectivity index (χ4n) is 2.62. The number of hydrogen-bond acceptors (Lipinski definition) is 5. The molecule has 0 aliphatic carbocycles. The number of nitriles is 1. The maximum Gasteiger partial charge on any atom is 0.415 e. The lowest BCUT2D eigenvalue weighted by Crippen LogP contribution is -2.51. The molecule has 0 spiro atoms. The summed E-state index contributed by atoms with van der Waals surface area (Å²) in [5.41, 5.74) is 2.94. The molecule has 0 atom stereocenters. The van der Waals surface area contributed by atoms with E-state index in [1.54, 1.807) is 20.8 Å². The van der Waals surface area contributed by atoms with E-state index in [4.69, 9.17) is 9.84 Å². The van der Waals surface area contributed by atoms with Crippen LogP contribution in [0.2, 0.25) is 19.6 Å². The first-order valence-corrected chi connectivity index (χ1v) is 12.7. The molecule has 1 aliphatic heterocycles. The zero-order valence-corrected chi connectivity index (χ0v) is 18.9. The SMILES string of the molecule is CN(C(=O)OC(C)(C)C)c1c(C#N)c(C#C[Si](C)(C)C)nn1C1CN(C(=O)O)C1. The first kappa shape index (κ1) is 22.3. The third-order valence-electron chi connectivity index (χ3n) is 4.02. The van der Waals surface area contributed by atoms with Gasteiger partial charge in [0.05, 0.1) is 6.04 Å². The van der Waals surface area contributed by atoms with Crippen molar-refractivity contribution in [2.45, 2.75) is 52.1 Å². The quantitative estimate of drug-likeness (QED) is 0.585. The second-order valence-corrected chi connectivity index (χ2v) is 13.7. The highest BCUT2D eigenvalue weighted by molar-refractivity contribution is 6.83. The molecule has 2 rings (SSSR count). The Morgan fingerprint density at radius 3 is 2.34 bits per heavy atom. The van der Waals surface area contributed by atoms with Gasteiger partial charge < -0.3 is 14.7 Å². The summed E-state index contributed by atoms with van der Waals surface area (Å²) >= 11 is 0. The molecule has 1 N–H and O–H groups in total. The number of carboxylic acid groups (broad SMARTS) is 1. The largest absolute Gasteiger partial charge is 0.465 e. The molecule has 2 amide bonds. The molecule has 0 radical (unpaired) electrons. The van der Waals surface area contributed by atoms with Crippen LogP contribution in [0.3, 0.4) is 0 Å². The van der Waals surface area contributed by atoms with Crippen molar-refractivity contribution in [3.63, 3.8) is 0 Å². The molecule has 1 fully saturated rings. The van der Waals surface area contributed by atoms with Gasteiger partial charge in [0, 0.05) is 20.1 Å². The average Bonchev–Trinajstić information content (AvgIpc) is 2.86. The molecule has 0 unspecified atom stereocenters. The van der Waals surface area contributed by atoms with E-state index in [9.17, 15) is 14.9 Å². The topological polar surface area (TPSA) is 112 Å². The van der Waals surface area contributed by atoms with Crippen LogP contribution in [0.5, 0.6) is 0 Å². The summed E-state index contributed by atoms with van der Waals surface area (Å²) in [5.74, 6) is 3.25. The summed E-state index contributed by atoms with van der Waals surface area (Å²) in [7, 11) is -0.217. The van der Waals surface area contributed by atoms with Gasteiger partial charge in [-0.05, 0) is 20.8 Å². The Hall–Kier alpha value is -2.98. The van der Waals surface area contributed by atoms with Gasteiger partial charge >= 0.3 is 12.2 Å². The van der Waals surface area contributed by atoms with Crippen molar-refractivity contribution in [1.29, 1.82) is 5.26 Å². The smallest absolute Gasteiger partial charge is 0.415 e. The van der Waals surface area contributed by atoms with Gasteiger partial charge in [-0.1, -0.05) is 25.6 Å². The lowest BCUT2D eigenvalue weighted by molar-refractivity contribution is 0.0577. The maximum atomic E-state index is 12.6. The van der Waals surface area contributed by atoms with Crippen molar-refractivity contribution in [3.05, 3.63) is 11.3 Å². The van der Waals surface area contributed by atoms with Crippen LogP contribution in [0.25, 0.3) is 0 Å². The predicted octanol–water partition coefficient (Wildman–Crippen LogP) is 2.89. The maximum absolute atomic E-state index is 12.6. The molecule has 9 nitrogen and oxygen atoms in total. The van der Waals surface area contributed by atoms with E-state index in [0.29, 0.717) is 0 Å². The molecule has 10 heteroatoms. The number of rotatable bonds is 2. The average molecular weight is 418 g/mol. The monoisotopic (exact) mass is 417 g/mol. The van der Waals surface area contributed by atoms with Gasteiger partial charge in [0.1, 0.15) is 25.3 Å².